The van der Waals surface area contributed by atoms with E-state index < -0.39 is 34.3 Å². The SMILES string of the molecule is CCNC(=O)C(Cc1ccccc1)N(Cc1cccc(OC)c1)C(=O)CN(c1ccc(F)cc1)S(=O)(=O)c1ccc(C)cc1. The normalized spacial score (nSPS) is 11.8. The predicted octanol–water partition coefficient (Wildman–Crippen LogP) is 5.11. The summed E-state index contributed by atoms with van der Waals surface area (Å²) in [6.07, 6.45) is 0.198. The van der Waals surface area contributed by atoms with Crippen molar-refractivity contribution in [3.63, 3.8) is 0 Å². The van der Waals surface area contributed by atoms with E-state index in [1.807, 2.05) is 37.3 Å². The molecule has 0 spiro atoms. The summed E-state index contributed by atoms with van der Waals surface area (Å²) in [5.41, 5.74) is 2.49. The molecule has 0 saturated heterocycles. The number of benzene rings is 4. The van der Waals surface area contributed by atoms with Gasteiger partial charge in [0.05, 0.1) is 17.7 Å². The summed E-state index contributed by atoms with van der Waals surface area (Å²) in [6.45, 7) is 3.34. The Balaban J connectivity index is 1.80. The summed E-state index contributed by atoms with van der Waals surface area (Å²) >= 11 is 0. The lowest BCUT2D eigenvalue weighted by molar-refractivity contribution is -0.140. The van der Waals surface area contributed by atoms with Gasteiger partial charge in [-0.05, 0) is 73.5 Å². The average Bonchev–Trinajstić information content (AvgIpc) is 3.02. The van der Waals surface area contributed by atoms with Gasteiger partial charge in [0, 0.05) is 19.5 Å². The Morgan fingerprint density at radius 3 is 2.18 bits per heavy atom. The fraction of sp³-hybridized carbons (Fsp3) is 0.235. The van der Waals surface area contributed by atoms with Crippen LogP contribution < -0.4 is 14.4 Å². The van der Waals surface area contributed by atoms with Crippen LogP contribution in [-0.4, -0.2) is 51.4 Å². The van der Waals surface area contributed by atoms with Crippen molar-refractivity contribution in [1.82, 2.24) is 10.2 Å². The fourth-order valence-electron chi connectivity index (χ4n) is 4.79. The first kappa shape index (κ1) is 32.2. The molecule has 8 nitrogen and oxygen atoms in total. The van der Waals surface area contributed by atoms with Gasteiger partial charge in [-0.1, -0.05) is 60.2 Å². The number of hydrogen-bond acceptors (Lipinski definition) is 5. The monoisotopic (exact) mass is 617 g/mol. The molecule has 0 aliphatic heterocycles. The van der Waals surface area contributed by atoms with Gasteiger partial charge in [0.2, 0.25) is 11.8 Å². The number of nitrogens with one attached hydrogen (secondary N) is 1. The van der Waals surface area contributed by atoms with Crippen LogP contribution in [-0.2, 0) is 32.6 Å². The Morgan fingerprint density at radius 1 is 0.886 bits per heavy atom. The molecular formula is C34H36FN3O5S. The van der Waals surface area contributed by atoms with Crippen LogP contribution in [0.4, 0.5) is 10.1 Å². The highest BCUT2D eigenvalue weighted by Gasteiger charge is 2.34. The number of rotatable bonds is 13. The molecule has 230 valence electrons. The Labute approximate surface area is 258 Å². The highest BCUT2D eigenvalue weighted by atomic mass is 32.2. The number of carbonyl (C=O) groups is 2. The van der Waals surface area contributed by atoms with E-state index in [0.717, 1.165) is 27.6 Å². The molecule has 10 heteroatoms. The number of likely N-dealkylation sites (N-methyl/N-ethyl adjacent to an activating group) is 1. The number of anilines is 1. The van der Waals surface area contributed by atoms with Gasteiger partial charge in [-0.25, -0.2) is 12.8 Å². The number of ether oxygens (including phenoxy) is 1. The molecule has 4 aromatic carbocycles. The molecule has 2 amide bonds. The minimum absolute atomic E-state index is 0.00645. The topological polar surface area (TPSA) is 96.0 Å². The minimum Gasteiger partial charge on any atom is -0.497 e. The third-order valence-electron chi connectivity index (χ3n) is 7.11. The van der Waals surface area contributed by atoms with Crippen LogP contribution in [0.3, 0.4) is 0 Å². The molecule has 0 radical (unpaired) electrons. The van der Waals surface area contributed by atoms with Crippen molar-refractivity contribution >= 4 is 27.5 Å². The van der Waals surface area contributed by atoms with E-state index in [0.29, 0.717) is 17.9 Å². The van der Waals surface area contributed by atoms with Crippen LogP contribution in [0.5, 0.6) is 5.75 Å². The largest absolute Gasteiger partial charge is 0.497 e. The molecule has 1 atom stereocenters. The van der Waals surface area contributed by atoms with Gasteiger partial charge in [-0.15, -0.1) is 0 Å². The fourth-order valence-corrected chi connectivity index (χ4v) is 6.20. The molecule has 0 bridgehead atoms. The van der Waals surface area contributed by atoms with Crippen LogP contribution in [0.25, 0.3) is 0 Å². The van der Waals surface area contributed by atoms with Crippen LogP contribution in [0.15, 0.2) is 108 Å². The summed E-state index contributed by atoms with van der Waals surface area (Å²) in [7, 11) is -2.73. The van der Waals surface area contributed by atoms with Crippen molar-refractivity contribution in [3.8, 4) is 5.75 Å². The number of amides is 2. The number of methoxy groups -OCH3 is 1. The van der Waals surface area contributed by atoms with Crippen molar-refractivity contribution in [3.05, 3.63) is 126 Å². The standard InChI is InChI=1S/C34H36FN3O5S/c1-4-36-34(40)32(22-26-9-6-5-7-10-26)37(23-27-11-8-12-30(21-27)43-3)33(39)24-38(29-17-15-28(35)16-18-29)44(41,42)31-19-13-25(2)14-20-31/h5-21,32H,4,22-24H2,1-3H3,(H,36,40). The van der Waals surface area contributed by atoms with E-state index in [1.54, 1.807) is 43.3 Å². The van der Waals surface area contributed by atoms with Crippen molar-refractivity contribution in [2.45, 2.75) is 37.8 Å². The lowest BCUT2D eigenvalue weighted by Crippen LogP contribution is -2.53. The van der Waals surface area contributed by atoms with Gasteiger partial charge >= 0.3 is 0 Å². The third kappa shape index (κ3) is 8.02. The van der Waals surface area contributed by atoms with Gasteiger partial charge < -0.3 is 15.0 Å². The molecule has 1 N–H and O–H groups in total. The highest BCUT2D eigenvalue weighted by Crippen LogP contribution is 2.26. The molecule has 4 aromatic rings. The first-order valence-electron chi connectivity index (χ1n) is 14.2. The van der Waals surface area contributed by atoms with E-state index in [4.69, 9.17) is 4.74 Å². The number of sulfonamides is 1. The average molecular weight is 618 g/mol. The summed E-state index contributed by atoms with van der Waals surface area (Å²) < 4.78 is 48.2. The van der Waals surface area contributed by atoms with Crippen LogP contribution in [0, 0.1) is 12.7 Å². The molecule has 0 fully saturated rings. The molecule has 44 heavy (non-hydrogen) atoms. The van der Waals surface area contributed by atoms with Crippen molar-refractivity contribution in [2.75, 3.05) is 24.5 Å². The number of aryl methyl sites for hydroxylation is 1. The lowest BCUT2D eigenvalue weighted by atomic mass is 10.0. The Kier molecular flexibility index (Phi) is 10.7. The summed E-state index contributed by atoms with van der Waals surface area (Å²) in [5, 5.41) is 2.83. The molecule has 0 aromatic heterocycles. The Morgan fingerprint density at radius 2 is 1.55 bits per heavy atom. The van der Waals surface area contributed by atoms with Gasteiger partial charge in [0.1, 0.15) is 24.2 Å². The molecule has 0 saturated carbocycles. The predicted molar refractivity (Wildman–Crippen MR) is 168 cm³/mol. The summed E-state index contributed by atoms with van der Waals surface area (Å²) in [5.74, 6) is -0.962. The van der Waals surface area contributed by atoms with E-state index in [-0.39, 0.29) is 29.5 Å². The van der Waals surface area contributed by atoms with E-state index in [9.17, 15) is 22.4 Å². The first-order valence-corrected chi connectivity index (χ1v) is 15.7. The lowest BCUT2D eigenvalue weighted by Gasteiger charge is -2.34. The Bertz CT molecular complexity index is 1660. The zero-order chi connectivity index (χ0) is 31.7. The smallest absolute Gasteiger partial charge is 0.264 e. The maximum Gasteiger partial charge on any atom is 0.264 e. The van der Waals surface area contributed by atoms with E-state index in [1.165, 1.54) is 36.3 Å². The maximum absolute atomic E-state index is 14.4. The van der Waals surface area contributed by atoms with E-state index in [2.05, 4.69) is 5.32 Å². The van der Waals surface area contributed by atoms with E-state index >= 15 is 0 Å². The molecule has 0 heterocycles. The zero-order valence-corrected chi connectivity index (χ0v) is 25.8. The van der Waals surface area contributed by atoms with Gasteiger partial charge in [-0.3, -0.25) is 13.9 Å². The van der Waals surface area contributed by atoms with Crippen molar-refractivity contribution in [2.24, 2.45) is 0 Å². The summed E-state index contributed by atoms with van der Waals surface area (Å²) in [4.78, 5) is 29.3. The molecule has 4 rings (SSSR count). The molecule has 0 aliphatic rings. The third-order valence-corrected chi connectivity index (χ3v) is 8.90. The van der Waals surface area contributed by atoms with Crippen molar-refractivity contribution < 1.29 is 27.1 Å². The van der Waals surface area contributed by atoms with Crippen LogP contribution in [0.2, 0.25) is 0 Å². The highest BCUT2D eigenvalue weighted by molar-refractivity contribution is 7.92. The number of carbonyl (C=O) groups excluding carboxylic acids is 2. The van der Waals surface area contributed by atoms with Gasteiger partial charge in [-0.2, -0.15) is 0 Å². The summed E-state index contributed by atoms with van der Waals surface area (Å²) in [6, 6.07) is 26.6. The second-order valence-corrected chi connectivity index (χ2v) is 12.1. The van der Waals surface area contributed by atoms with Crippen LogP contribution in [0.1, 0.15) is 23.6 Å². The number of nitrogens with zero attached hydrogens (tertiary/aromatic N) is 2. The molecule has 1 unspecified atom stereocenters. The zero-order valence-electron chi connectivity index (χ0n) is 24.9. The van der Waals surface area contributed by atoms with Crippen LogP contribution >= 0.6 is 0 Å². The minimum atomic E-state index is -4.27. The molecule has 0 aliphatic carbocycles. The number of halogens is 1. The quantitative estimate of drug-likeness (QED) is 0.225. The van der Waals surface area contributed by atoms with Gasteiger partial charge in [0.15, 0.2) is 0 Å². The second kappa shape index (κ2) is 14.7. The molecular weight excluding hydrogens is 581 g/mol. The first-order chi connectivity index (χ1) is 21.1. The Hall–Kier alpha value is -4.70. The van der Waals surface area contributed by atoms with Crippen molar-refractivity contribution in [1.29, 1.82) is 0 Å². The van der Waals surface area contributed by atoms with Gasteiger partial charge in [0.25, 0.3) is 10.0 Å². The second-order valence-electron chi connectivity index (χ2n) is 10.3. The maximum atomic E-state index is 14.4. The number of hydrogen-bond donors (Lipinski definition) is 1.